The summed E-state index contributed by atoms with van der Waals surface area (Å²) in [6.45, 7) is 0.771. The molecule has 0 aliphatic carbocycles. The lowest BCUT2D eigenvalue weighted by Gasteiger charge is -2.26. The minimum absolute atomic E-state index is 0.00421. The van der Waals surface area contributed by atoms with Gasteiger partial charge in [0.15, 0.2) is 6.61 Å². The molecular formula is C17H18N2O6S. The zero-order valence-electron chi connectivity index (χ0n) is 13.9. The number of carbonyl (C=O) groups excluding carboxylic acids is 2. The highest BCUT2D eigenvalue weighted by molar-refractivity contribution is 7.89. The van der Waals surface area contributed by atoms with Gasteiger partial charge in [-0.25, -0.2) is 13.2 Å². The summed E-state index contributed by atoms with van der Waals surface area (Å²) in [5.74, 6) is -1.13. The van der Waals surface area contributed by atoms with E-state index in [2.05, 4.69) is 4.98 Å². The van der Waals surface area contributed by atoms with Crippen molar-refractivity contribution in [2.75, 3.05) is 32.9 Å². The number of aromatic nitrogens is 1. The van der Waals surface area contributed by atoms with Gasteiger partial charge in [-0.2, -0.15) is 4.31 Å². The molecule has 1 N–H and O–H groups in total. The number of aromatic amines is 1. The second-order valence-electron chi connectivity index (χ2n) is 5.63. The predicted molar refractivity (Wildman–Crippen MR) is 91.4 cm³/mol. The van der Waals surface area contributed by atoms with Gasteiger partial charge in [0, 0.05) is 19.3 Å². The first kappa shape index (κ1) is 18.3. The lowest BCUT2D eigenvalue weighted by Crippen LogP contribution is -2.40. The molecule has 2 heterocycles. The highest BCUT2D eigenvalue weighted by Crippen LogP contribution is 2.18. The average molecular weight is 378 g/mol. The highest BCUT2D eigenvalue weighted by Gasteiger charge is 2.27. The summed E-state index contributed by atoms with van der Waals surface area (Å²) in [5, 5.41) is 0. The Balaban J connectivity index is 1.70. The van der Waals surface area contributed by atoms with Crippen molar-refractivity contribution >= 4 is 21.8 Å². The molecule has 1 aromatic carbocycles. The maximum absolute atomic E-state index is 12.6. The third kappa shape index (κ3) is 4.01. The van der Waals surface area contributed by atoms with Crippen molar-refractivity contribution < 1.29 is 27.5 Å². The second-order valence-corrected chi connectivity index (χ2v) is 7.57. The average Bonchev–Trinajstić information content (AvgIpc) is 3.21. The van der Waals surface area contributed by atoms with Crippen LogP contribution >= 0.6 is 0 Å². The molecule has 0 spiro atoms. The van der Waals surface area contributed by atoms with Gasteiger partial charge in [0.1, 0.15) is 0 Å². The zero-order valence-corrected chi connectivity index (χ0v) is 14.7. The number of Topliss-reactive ketones (excluding diaryl/α,β-unsaturated/α-hetero) is 1. The van der Waals surface area contributed by atoms with Crippen LogP contribution in [0.2, 0.25) is 0 Å². The van der Waals surface area contributed by atoms with E-state index in [1.54, 1.807) is 18.3 Å². The normalized spacial score (nSPS) is 15.5. The molecule has 0 radical (unpaired) electrons. The van der Waals surface area contributed by atoms with Crippen molar-refractivity contribution in [3.63, 3.8) is 0 Å². The first-order valence-electron chi connectivity index (χ1n) is 8.00. The SMILES string of the molecule is O=C(OCC(=O)c1ccc[nH]1)c1cccc(S(=O)(=O)N2CCOCC2)c1. The second kappa shape index (κ2) is 7.81. The number of H-pyrrole nitrogens is 1. The van der Waals surface area contributed by atoms with Crippen LogP contribution in [0.1, 0.15) is 20.8 Å². The molecule has 0 atom stereocenters. The van der Waals surface area contributed by atoms with E-state index in [0.717, 1.165) is 0 Å². The van der Waals surface area contributed by atoms with E-state index >= 15 is 0 Å². The molecule has 1 saturated heterocycles. The molecule has 0 amide bonds. The number of benzene rings is 1. The molecule has 8 nitrogen and oxygen atoms in total. The first-order chi connectivity index (χ1) is 12.5. The van der Waals surface area contributed by atoms with Crippen molar-refractivity contribution in [2.45, 2.75) is 4.90 Å². The summed E-state index contributed by atoms with van der Waals surface area (Å²) in [4.78, 5) is 26.7. The molecule has 9 heteroatoms. The smallest absolute Gasteiger partial charge is 0.338 e. The fourth-order valence-electron chi connectivity index (χ4n) is 2.52. The van der Waals surface area contributed by atoms with Crippen molar-refractivity contribution in [2.24, 2.45) is 0 Å². The minimum atomic E-state index is -3.71. The standard InChI is InChI=1S/C17H18N2O6S/c20-16(15-5-2-6-18-15)12-25-17(21)13-3-1-4-14(11-13)26(22,23)19-7-9-24-10-8-19/h1-6,11,18H,7-10,12H2. The summed E-state index contributed by atoms with van der Waals surface area (Å²) in [5.41, 5.74) is 0.403. The quantitative estimate of drug-likeness (QED) is 0.595. The minimum Gasteiger partial charge on any atom is -0.454 e. The number of carbonyl (C=O) groups is 2. The monoisotopic (exact) mass is 378 g/mol. The van der Waals surface area contributed by atoms with Crippen LogP contribution in [0, 0.1) is 0 Å². The zero-order chi connectivity index (χ0) is 18.6. The molecule has 0 saturated carbocycles. The molecule has 2 aromatic rings. The topological polar surface area (TPSA) is 106 Å². The van der Waals surface area contributed by atoms with E-state index in [9.17, 15) is 18.0 Å². The van der Waals surface area contributed by atoms with Crippen LogP contribution in [-0.2, 0) is 19.5 Å². The fraction of sp³-hybridized carbons (Fsp3) is 0.294. The van der Waals surface area contributed by atoms with Crippen molar-refractivity contribution in [1.82, 2.24) is 9.29 Å². The van der Waals surface area contributed by atoms with Crippen LogP contribution < -0.4 is 0 Å². The molecule has 0 bridgehead atoms. The van der Waals surface area contributed by atoms with E-state index in [4.69, 9.17) is 9.47 Å². The Hall–Kier alpha value is -2.49. The van der Waals surface area contributed by atoms with Crippen LogP contribution in [-0.4, -0.2) is 62.4 Å². The molecule has 26 heavy (non-hydrogen) atoms. The van der Waals surface area contributed by atoms with E-state index in [0.29, 0.717) is 18.9 Å². The Morgan fingerprint density at radius 3 is 2.62 bits per heavy atom. The summed E-state index contributed by atoms with van der Waals surface area (Å²) >= 11 is 0. The van der Waals surface area contributed by atoms with Gasteiger partial charge < -0.3 is 14.5 Å². The van der Waals surface area contributed by atoms with Gasteiger partial charge in [-0.1, -0.05) is 6.07 Å². The Kier molecular flexibility index (Phi) is 5.50. The van der Waals surface area contributed by atoms with Crippen LogP contribution in [0.3, 0.4) is 0 Å². The third-order valence-electron chi connectivity index (χ3n) is 3.91. The Bertz CT molecular complexity index is 886. The molecule has 1 fully saturated rings. The van der Waals surface area contributed by atoms with Gasteiger partial charge in [0.05, 0.1) is 29.4 Å². The Morgan fingerprint density at radius 1 is 1.15 bits per heavy atom. The maximum atomic E-state index is 12.6. The number of nitrogens with zero attached hydrogens (tertiary/aromatic N) is 1. The number of hydrogen-bond acceptors (Lipinski definition) is 6. The molecule has 0 unspecified atom stereocenters. The number of ketones is 1. The lowest BCUT2D eigenvalue weighted by atomic mass is 10.2. The van der Waals surface area contributed by atoms with Gasteiger partial charge in [0.2, 0.25) is 15.8 Å². The van der Waals surface area contributed by atoms with Gasteiger partial charge in [-0.05, 0) is 30.3 Å². The van der Waals surface area contributed by atoms with Crippen LogP contribution in [0.4, 0.5) is 0 Å². The third-order valence-corrected chi connectivity index (χ3v) is 5.80. The van der Waals surface area contributed by atoms with Gasteiger partial charge in [-0.3, -0.25) is 4.79 Å². The predicted octanol–water partition coefficient (Wildman–Crippen LogP) is 1.08. The van der Waals surface area contributed by atoms with E-state index in [1.165, 1.54) is 28.6 Å². The van der Waals surface area contributed by atoms with E-state index < -0.39 is 22.6 Å². The molecule has 1 aliphatic heterocycles. The summed E-state index contributed by atoms with van der Waals surface area (Å²) in [7, 11) is -3.71. The molecular weight excluding hydrogens is 360 g/mol. The maximum Gasteiger partial charge on any atom is 0.338 e. The largest absolute Gasteiger partial charge is 0.454 e. The van der Waals surface area contributed by atoms with Crippen LogP contribution in [0.15, 0.2) is 47.5 Å². The molecule has 1 aromatic heterocycles. The first-order valence-corrected chi connectivity index (χ1v) is 9.44. The van der Waals surface area contributed by atoms with Gasteiger partial charge in [0.25, 0.3) is 0 Å². The summed E-state index contributed by atoms with van der Waals surface area (Å²) < 4.78 is 36.8. The van der Waals surface area contributed by atoms with E-state index in [-0.39, 0.29) is 29.3 Å². The number of sulfonamides is 1. The van der Waals surface area contributed by atoms with Crippen LogP contribution in [0.25, 0.3) is 0 Å². The fourth-order valence-corrected chi connectivity index (χ4v) is 3.97. The number of ether oxygens (including phenoxy) is 2. The number of morpholine rings is 1. The van der Waals surface area contributed by atoms with Crippen molar-refractivity contribution in [1.29, 1.82) is 0 Å². The summed E-state index contributed by atoms with van der Waals surface area (Å²) in [6, 6.07) is 8.83. The highest BCUT2D eigenvalue weighted by atomic mass is 32.2. The lowest BCUT2D eigenvalue weighted by molar-refractivity contribution is 0.0473. The van der Waals surface area contributed by atoms with E-state index in [1.807, 2.05) is 0 Å². The number of hydrogen-bond donors (Lipinski definition) is 1. The van der Waals surface area contributed by atoms with Gasteiger partial charge in [-0.15, -0.1) is 0 Å². The summed E-state index contributed by atoms with van der Waals surface area (Å²) in [6.07, 6.45) is 1.59. The van der Waals surface area contributed by atoms with Crippen LogP contribution in [0.5, 0.6) is 0 Å². The van der Waals surface area contributed by atoms with Gasteiger partial charge >= 0.3 is 5.97 Å². The molecule has 138 valence electrons. The number of esters is 1. The number of rotatable bonds is 6. The molecule has 3 rings (SSSR count). The Morgan fingerprint density at radius 2 is 1.92 bits per heavy atom. The van der Waals surface area contributed by atoms with Crippen molar-refractivity contribution in [3.8, 4) is 0 Å². The Labute approximate surface area is 150 Å². The number of nitrogens with one attached hydrogen (secondary N) is 1. The van der Waals surface area contributed by atoms with Crippen molar-refractivity contribution in [3.05, 3.63) is 53.9 Å². The molecule has 1 aliphatic rings.